The lowest BCUT2D eigenvalue weighted by atomic mass is 10.1. The van der Waals surface area contributed by atoms with E-state index in [1.54, 1.807) is 17.2 Å². The maximum absolute atomic E-state index is 4.60. The Morgan fingerprint density at radius 3 is 2.62 bits per heavy atom. The third-order valence-corrected chi connectivity index (χ3v) is 3.36. The van der Waals surface area contributed by atoms with E-state index in [-0.39, 0.29) is 6.04 Å². The Kier molecular flexibility index (Phi) is 3.79. The standard InChI is InChI=1S/C15H18N6/c1-3-16-15(14-9-10-17-20(14)2)13-11-18-21(19-13)12-7-5-4-6-8-12/h4-11,15-16H,3H2,1-2H3. The molecule has 0 radical (unpaired) electrons. The molecule has 6 nitrogen and oxygen atoms in total. The Bertz CT molecular complexity index is 700. The predicted molar refractivity (Wildman–Crippen MR) is 80.1 cm³/mol. The number of hydrogen-bond donors (Lipinski definition) is 1. The first-order valence-corrected chi connectivity index (χ1v) is 6.98. The summed E-state index contributed by atoms with van der Waals surface area (Å²) in [5.41, 5.74) is 2.89. The second kappa shape index (κ2) is 5.88. The highest BCUT2D eigenvalue weighted by atomic mass is 15.5. The van der Waals surface area contributed by atoms with Crippen LogP contribution in [0.3, 0.4) is 0 Å². The first-order valence-electron chi connectivity index (χ1n) is 6.98. The van der Waals surface area contributed by atoms with Crippen LogP contribution in [0.1, 0.15) is 24.4 Å². The largest absolute Gasteiger partial charge is 0.304 e. The van der Waals surface area contributed by atoms with E-state index in [1.807, 2.05) is 48.1 Å². The molecule has 0 bridgehead atoms. The lowest BCUT2D eigenvalue weighted by molar-refractivity contribution is 0.556. The van der Waals surface area contributed by atoms with E-state index in [9.17, 15) is 0 Å². The average Bonchev–Trinajstić information content (AvgIpc) is 3.15. The molecule has 6 heteroatoms. The van der Waals surface area contributed by atoms with Crippen LogP contribution in [0, 0.1) is 0 Å². The van der Waals surface area contributed by atoms with Crippen LogP contribution < -0.4 is 5.32 Å². The fourth-order valence-corrected chi connectivity index (χ4v) is 2.32. The van der Waals surface area contributed by atoms with Crippen LogP contribution in [0.4, 0.5) is 0 Å². The molecule has 3 rings (SSSR count). The van der Waals surface area contributed by atoms with Crippen LogP contribution in [0.25, 0.3) is 5.69 Å². The molecule has 0 saturated carbocycles. The van der Waals surface area contributed by atoms with Crippen molar-refractivity contribution in [2.24, 2.45) is 7.05 Å². The summed E-state index contributed by atoms with van der Waals surface area (Å²) < 4.78 is 1.86. The second-order valence-electron chi connectivity index (χ2n) is 4.76. The van der Waals surface area contributed by atoms with E-state index in [0.717, 1.165) is 23.6 Å². The van der Waals surface area contributed by atoms with Crippen molar-refractivity contribution in [1.82, 2.24) is 30.1 Å². The lowest BCUT2D eigenvalue weighted by Gasteiger charge is -2.15. The molecule has 0 amide bonds. The molecule has 1 unspecified atom stereocenters. The number of rotatable bonds is 5. The van der Waals surface area contributed by atoms with Crippen molar-refractivity contribution >= 4 is 0 Å². The van der Waals surface area contributed by atoms with Gasteiger partial charge in [-0.1, -0.05) is 25.1 Å². The molecule has 108 valence electrons. The molecule has 1 aromatic carbocycles. The predicted octanol–water partition coefficient (Wildman–Crippen LogP) is 1.70. The number of benzene rings is 1. The first-order chi connectivity index (χ1) is 10.3. The monoisotopic (exact) mass is 282 g/mol. The van der Waals surface area contributed by atoms with Crippen LogP contribution >= 0.6 is 0 Å². The molecular weight excluding hydrogens is 264 g/mol. The number of aryl methyl sites for hydroxylation is 1. The van der Waals surface area contributed by atoms with Gasteiger partial charge in [0, 0.05) is 13.2 Å². The minimum absolute atomic E-state index is 0.0139. The van der Waals surface area contributed by atoms with E-state index in [1.165, 1.54) is 0 Å². The Balaban J connectivity index is 1.95. The number of para-hydroxylation sites is 1. The van der Waals surface area contributed by atoms with Crippen molar-refractivity contribution in [3.8, 4) is 5.69 Å². The summed E-state index contributed by atoms with van der Waals surface area (Å²) in [6, 6.07) is 11.9. The molecule has 0 fully saturated rings. The summed E-state index contributed by atoms with van der Waals surface area (Å²) >= 11 is 0. The normalized spacial score (nSPS) is 12.5. The fourth-order valence-electron chi connectivity index (χ4n) is 2.32. The molecule has 0 saturated heterocycles. The summed E-state index contributed by atoms with van der Waals surface area (Å²) in [6.45, 7) is 2.92. The van der Waals surface area contributed by atoms with E-state index in [0.29, 0.717) is 0 Å². The second-order valence-corrected chi connectivity index (χ2v) is 4.76. The molecule has 0 aliphatic rings. The summed E-state index contributed by atoms with van der Waals surface area (Å²) in [4.78, 5) is 1.65. The van der Waals surface area contributed by atoms with Crippen molar-refractivity contribution in [3.63, 3.8) is 0 Å². The van der Waals surface area contributed by atoms with Crippen molar-refractivity contribution < 1.29 is 0 Å². The summed E-state index contributed by atoms with van der Waals surface area (Å²) in [6.07, 6.45) is 3.59. The Hall–Kier alpha value is -2.47. The van der Waals surface area contributed by atoms with Crippen LogP contribution in [-0.2, 0) is 7.05 Å². The van der Waals surface area contributed by atoms with Crippen molar-refractivity contribution in [2.45, 2.75) is 13.0 Å². The molecule has 1 N–H and O–H groups in total. The Morgan fingerprint density at radius 1 is 1.14 bits per heavy atom. The average molecular weight is 282 g/mol. The van der Waals surface area contributed by atoms with E-state index >= 15 is 0 Å². The topological polar surface area (TPSA) is 60.6 Å². The third-order valence-electron chi connectivity index (χ3n) is 3.36. The van der Waals surface area contributed by atoms with Gasteiger partial charge in [0.1, 0.15) is 5.69 Å². The number of hydrogen-bond acceptors (Lipinski definition) is 4. The summed E-state index contributed by atoms with van der Waals surface area (Å²) in [5.74, 6) is 0. The van der Waals surface area contributed by atoms with Gasteiger partial charge in [-0.2, -0.15) is 20.1 Å². The Labute approximate surface area is 123 Å². The number of nitrogens with one attached hydrogen (secondary N) is 1. The van der Waals surface area contributed by atoms with Crippen LogP contribution in [0.15, 0.2) is 48.8 Å². The molecule has 0 aliphatic heterocycles. The molecule has 2 heterocycles. The van der Waals surface area contributed by atoms with Gasteiger partial charge in [-0.15, -0.1) is 0 Å². The Morgan fingerprint density at radius 2 is 1.95 bits per heavy atom. The highest BCUT2D eigenvalue weighted by Crippen LogP contribution is 2.19. The fraction of sp³-hybridized carbons (Fsp3) is 0.267. The zero-order valence-electron chi connectivity index (χ0n) is 12.1. The van der Waals surface area contributed by atoms with Crippen LogP contribution in [-0.4, -0.2) is 31.3 Å². The van der Waals surface area contributed by atoms with Crippen molar-refractivity contribution in [2.75, 3.05) is 6.54 Å². The van der Waals surface area contributed by atoms with Gasteiger partial charge in [-0.05, 0) is 24.7 Å². The van der Waals surface area contributed by atoms with Crippen molar-refractivity contribution in [1.29, 1.82) is 0 Å². The van der Waals surface area contributed by atoms with Gasteiger partial charge in [0.2, 0.25) is 0 Å². The minimum Gasteiger partial charge on any atom is -0.304 e. The van der Waals surface area contributed by atoms with E-state index in [4.69, 9.17) is 0 Å². The third kappa shape index (κ3) is 2.71. The quantitative estimate of drug-likeness (QED) is 0.774. The molecule has 21 heavy (non-hydrogen) atoms. The summed E-state index contributed by atoms with van der Waals surface area (Å²) in [7, 11) is 1.93. The molecule has 3 aromatic rings. The minimum atomic E-state index is -0.0139. The van der Waals surface area contributed by atoms with Crippen LogP contribution in [0.5, 0.6) is 0 Å². The van der Waals surface area contributed by atoms with E-state index in [2.05, 4.69) is 27.5 Å². The number of nitrogens with zero attached hydrogens (tertiary/aromatic N) is 5. The maximum atomic E-state index is 4.60. The van der Waals surface area contributed by atoms with Gasteiger partial charge in [0.05, 0.1) is 23.6 Å². The molecule has 0 spiro atoms. The van der Waals surface area contributed by atoms with Gasteiger partial charge in [0.25, 0.3) is 0 Å². The smallest absolute Gasteiger partial charge is 0.106 e. The van der Waals surface area contributed by atoms with Gasteiger partial charge in [0.15, 0.2) is 0 Å². The van der Waals surface area contributed by atoms with Gasteiger partial charge in [-0.25, -0.2) is 0 Å². The molecule has 1 atom stereocenters. The zero-order chi connectivity index (χ0) is 14.7. The highest BCUT2D eigenvalue weighted by molar-refractivity contribution is 5.29. The van der Waals surface area contributed by atoms with Gasteiger partial charge in [-0.3, -0.25) is 4.68 Å². The molecule has 0 aliphatic carbocycles. The molecular formula is C15H18N6. The lowest BCUT2D eigenvalue weighted by Crippen LogP contribution is -2.24. The first kappa shape index (κ1) is 13.5. The van der Waals surface area contributed by atoms with E-state index < -0.39 is 0 Å². The summed E-state index contributed by atoms with van der Waals surface area (Å²) in [5, 5.41) is 16.6. The van der Waals surface area contributed by atoms with Gasteiger partial charge < -0.3 is 5.32 Å². The van der Waals surface area contributed by atoms with Crippen LogP contribution in [0.2, 0.25) is 0 Å². The van der Waals surface area contributed by atoms with Gasteiger partial charge >= 0.3 is 0 Å². The van der Waals surface area contributed by atoms with Crippen molar-refractivity contribution in [3.05, 3.63) is 60.2 Å². The highest BCUT2D eigenvalue weighted by Gasteiger charge is 2.19. The maximum Gasteiger partial charge on any atom is 0.106 e. The zero-order valence-corrected chi connectivity index (χ0v) is 12.1. The molecule has 2 aromatic heterocycles. The number of aromatic nitrogens is 5. The SMILES string of the molecule is CCNC(c1cnn(-c2ccccc2)n1)c1ccnn1C.